The molecule has 1 aromatic carbocycles. The van der Waals surface area contributed by atoms with Crippen LogP contribution in [-0.4, -0.2) is 49.1 Å². The van der Waals surface area contributed by atoms with Gasteiger partial charge < -0.3 is 15.1 Å². The highest BCUT2D eigenvalue weighted by atomic mass is 19.4. The highest BCUT2D eigenvalue weighted by Crippen LogP contribution is 2.33. The number of carbonyl (C=O) groups is 1. The third kappa shape index (κ3) is 4.45. The Morgan fingerprint density at radius 2 is 1.80 bits per heavy atom. The molecule has 2 aliphatic heterocycles. The molecule has 138 valence electrons. The second-order valence-corrected chi connectivity index (χ2v) is 7.14. The number of likely N-dealkylation sites (tertiary alicyclic amines) is 2. The lowest BCUT2D eigenvalue weighted by atomic mass is 9.84. The summed E-state index contributed by atoms with van der Waals surface area (Å²) in [6, 6.07) is 4.46. The van der Waals surface area contributed by atoms with Crippen LogP contribution < -0.4 is 5.32 Å². The first kappa shape index (κ1) is 18.0. The fourth-order valence-corrected chi connectivity index (χ4v) is 3.83. The molecule has 0 unspecified atom stereocenters. The number of nitrogens with one attached hydrogen (secondary N) is 1. The number of nitrogens with zero attached hydrogens (tertiary/aromatic N) is 2. The summed E-state index contributed by atoms with van der Waals surface area (Å²) < 4.78 is 38.3. The minimum Gasteiger partial charge on any atom is -0.324 e. The molecular formula is C18H24F3N3O. The number of piperidine rings is 1. The van der Waals surface area contributed by atoms with Gasteiger partial charge in [-0.05, 0) is 69.4 Å². The van der Waals surface area contributed by atoms with Crippen LogP contribution in [0.4, 0.5) is 23.7 Å². The number of halogens is 3. The Kier molecular flexibility index (Phi) is 5.22. The molecule has 0 radical (unpaired) electrons. The predicted octanol–water partition coefficient (Wildman–Crippen LogP) is 3.90. The first-order valence-corrected chi connectivity index (χ1v) is 8.74. The third-order valence-electron chi connectivity index (χ3n) is 5.38. The van der Waals surface area contributed by atoms with E-state index < -0.39 is 11.7 Å². The van der Waals surface area contributed by atoms with Crippen LogP contribution in [0.3, 0.4) is 0 Å². The van der Waals surface area contributed by atoms with Gasteiger partial charge in [-0.15, -0.1) is 0 Å². The molecular weight excluding hydrogens is 331 g/mol. The largest absolute Gasteiger partial charge is 0.416 e. The highest BCUT2D eigenvalue weighted by molar-refractivity contribution is 5.89. The van der Waals surface area contributed by atoms with Gasteiger partial charge in [0.2, 0.25) is 0 Å². The first-order valence-electron chi connectivity index (χ1n) is 8.74. The summed E-state index contributed by atoms with van der Waals surface area (Å²) in [4.78, 5) is 16.4. The van der Waals surface area contributed by atoms with Crippen molar-refractivity contribution in [3.05, 3.63) is 29.8 Å². The summed E-state index contributed by atoms with van der Waals surface area (Å²) in [7, 11) is 2.12. The fraction of sp³-hybridized carbons (Fsp3) is 0.611. The molecule has 7 heteroatoms. The van der Waals surface area contributed by atoms with Crippen LogP contribution in [0.25, 0.3) is 0 Å². The SMILES string of the molecule is CN1CCC([C@@H]2CCN(C(=O)Nc3cccc(C(F)(F)F)c3)C2)CC1. The molecule has 0 bridgehead atoms. The van der Waals surface area contributed by atoms with Crippen LogP contribution in [-0.2, 0) is 6.18 Å². The molecule has 2 heterocycles. The molecule has 4 nitrogen and oxygen atoms in total. The Morgan fingerprint density at radius 3 is 2.48 bits per heavy atom. The van der Waals surface area contributed by atoms with Gasteiger partial charge in [-0.2, -0.15) is 13.2 Å². The van der Waals surface area contributed by atoms with E-state index in [0.717, 1.165) is 44.5 Å². The molecule has 1 atom stereocenters. The van der Waals surface area contributed by atoms with Gasteiger partial charge in [-0.25, -0.2) is 4.79 Å². The Labute approximate surface area is 146 Å². The topological polar surface area (TPSA) is 35.6 Å². The van der Waals surface area contributed by atoms with E-state index in [-0.39, 0.29) is 11.7 Å². The minimum absolute atomic E-state index is 0.183. The minimum atomic E-state index is -4.41. The number of anilines is 1. The number of alkyl halides is 3. The maximum absolute atomic E-state index is 12.8. The van der Waals surface area contributed by atoms with E-state index in [1.807, 2.05) is 0 Å². The predicted molar refractivity (Wildman–Crippen MR) is 90.4 cm³/mol. The van der Waals surface area contributed by atoms with Gasteiger partial charge in [-0.3, -0.25) is 0 Å². The quantitative estimate of drug-likeness (QED) is 0.873. The van der Waals surface area contributed by atoms with Crippen molar-refractivity contribution in [2.24, 2.45) is 11.8 Å². The van der Waals surface area contributed by atoms with Crippen molar-refractivity contribution in [1.29, 1.82) is 0 Å². The summed E-state index contributed by atoms with van der Waals surface area (Å²) in [5.41, 5.74) is -0.571. The van der Waals surface area contributed by atoms with Crippen molar-refractivity contribution in [3.8, 4) is 0 Å². The monoisotopic (exact) mass is 355 g/mol. The summed E-state index contributed by atoms with van der Waals surface area (Å²) in [6.07, 6.45) is -1.12. The molecule has 25 heavy (non-hydrogen) atoms. The Morgan fingerprint density at radius 1 is 1.12 bits per heavy atom. The van der Waals surface area contributed by atoms with Crippen molar-refractivity contribution < 1.29 is 18.0 Å². The lowest BCUT2D eigenvalue weighted by Crippen LogP contribution is -2.36. The normalized spacial score (nSPS) is 23.0. The average Bonchev–Trinajstić information content (AvgIpc) is 3.05. The van der Waals surface area contributed by atoms with Crippen LogP contribution in [0.15, 0.2) is 24.3 Å². The first-order chi connectivity index (χ1) is 11.8. The number of hydrogen-bond acceptors (Lipinski definition) is 2. The molecule has 2 aliphatic rings. The van der Waals surface area contributed by atoms with Crippen LogP contribution in [0, 0.1) is 11.8 Å². The number of amides is 2. The number of urea groups is 1. The molecule has 3 rings (SSSR count). The van der Waals surface area contributed by atoms with Gasteiger partial charge in [-0.1, -0.05) is 6.07 Å². The fourth-order valence-electron chi connectivity index (χ4n) is 3.83. The van der Waals surface area contributed by atoms with E-state index in [9.17, 15) is 18.0 Å². The van der Waals surface area contributed by atoms with Crippen molar-refractivity contribution in [2.45, 2.75) is 25.4 Å². The summed E-state index contributed by atoms with van der Waals surface area (Å²) >= 11 is 0. The molecule has 1 N–H and O–H groups in total. The molecule has 0 saturated carbocycles. The van der Waals surface area contributed by atoms with Crippen LogP contribution in [0.2, 0.25) is 0 Å². The number of benzene rings is 1. The van der Waals surface area contributed by atoms with E-state index in [0.29, 0.717) is 24.9 Å². The number of carbonyl (C=O) groups excluding carboxylic acids is 1. The zero-order valence-corrected chi connectivity index (χ0v) is 14.4. The Bertz CT molecular complexity index is 612. The summed E-state index contributed by atoms with van der Waals surface area (Å²) in [6.45, 7) is 3.55. The second-order valence-electron chi connectivity index (χ2n) is 7.14. The van der Waals surface area contributed by atoms with Crippen molar-refractivity contribution in [1.82, 2.24) is 9.80 Å². The van der Waals surface area contributed by atoms with Gasteiger partial charge in [0.05, 0.1) is 5.56 Å². The van der Waals surface area contributed by atoms with Gasteiger partial charge in [0.15, 0.2) is 0 Å². The molecule has 0 aliphatic carbocycles. The van der Waals surface area contributed by atoms with E-state index in [1.165, 1.54) is 12.1 Å². The average molecular weight is 355 g/mol. The van der Waals surface area contributed by atoms with E-state index >= 15 is 0 Å². The van der Waals surface area contributed by atoms with E-state index in [2.05, 4.69) is 17.3 Å². The maximum Gasteiger partial charge on any atom is 0.416 e. The smallest absolute Gasteiger partial charge is 0.324 e. The van der Waals surface area contributed by atoms with Crippen molar-refractivity contribution in [3.63, 3.8) is 0 Å². The molecule has 2 amide bonds. The second kappa shape index (κ2) is 7.23. The van der Waals surface area contributed by atoms with E-state index in [1.54, 1.807) is 4.90 Å². The molecule has 1 aromatic rings. The number of rotatable bonds is 2. The van der Waals surface area contributed by atoms with Crippen LogP contribution in [0.5, 0.6) is 0 Å². The van der Waals surface area contributed by atoms with Crippen molar-refractivity contribution in [2.75, 3.05) is 38.5 Å². The summed E-state index contributed by atoms with van der Waals surface area (Å²) in [5, 5.41) is 2.61. The Hall–Kier alpha value is -1.76. The number of hydrogen-bond donors (Lipinski definition) is 1. The summed E-state index contributed by atoms with van der Waals surface area (Å²) in [5.74, 6) is 1.14. The van der Waals surface area contributed by atoms with Gasteiger partial charge >= 0.3 is 12.2 Å². The molecule has 0 aromatic heterocycles. The molecule has 2 saturated heterocycles. The zero-order chi connectivity index (χ0) is 18.0. The zero-order valence-electron chi connectivity index (χ0n) is 14.4. The lowest BCUT2D eigenvalue weighted by Gasteiger charge is -2.32. The van der Waals surface area contributed by atoms with E-state index in [4.69, 9.17) is 0 Å². The van der Waals surface area contributed by atoms with Crippen LogP contribution >= 0.6 is 0 Å². The standard InChI is InChI=1S/C18H24F3N3O/c1-23-8-5-13(6-9-23)14-7-10-24(12-14)17(25)22-16-4-2-3-15(11-16)18(19,20)21/h2-4,11,13-14H,5-10,12H2,1H3,(H,22,25)/t14-/m1/s1. The van der Waals surface area contributed by atoms with Gasteiger partial charge in [0.25, 0.3) is 0 Å². The Balaban J connectivity index is 1.56. The van der Waals surface area contributed by atoms with Crippen LogP contribution in [0.1, 0.15) is 24.8 Å². The molecule has 2 fully saturated rings. The van der Waals surface area contributed by atoms with Gasteiger partial charge in [0.1, 0.15) is 0 Å². The van der Waals surface area contributed by atoms with Crippen molar-refractivity contribution >= 4 is 11.7 Å². The lowest BCUT2D eigenvalue weighted by molar-refractivity contribution is -0.137. The third-order valence-corrected chi connectivity index (χ3v) is 5.38. The maximum atomic E-state index is 12.8. The highest BCUT2D eigenvalue weighted by Gasteiger charge is 2.34. The van der Waals surface area contributed by atoms with Gasteiger partial charge in [0, 0.05) is 18.8 Å². The molecule has 0 spiro atoms.